The third-order valence-electron chi connectivity index (χ3n) is 6.87. The van der Waals surface area contributed by atoms with Crippen LogP contribution in [0.15, 0.2) is 24.4 Å². The van der Waals surface area contributed by atoms with Gasteiger partial charge in [0.05, 0.1) is 0 Å². The second kappa shape index (κ2) is 8.60. The predicted molar refractivity (Wildman–Crippen MR) is 116 cm³/mol. The number of aromatic nitrogens is 1. The molecular weight excluding hydrogens is 362 g/mol. The highest BCUT2D eigenvalue weighted by molar-refractivity contribution is 5.88. The summed E-state index contributed by atoms with van der Waals surface area (Å²) in [6, 6.07) is 6.32. The molecule has 4 rings (SSSR count). The van der Waals surface area contributed by atoms with Crippen LogP contribution in [0.25, 0.3) is 10.9 Å². The maximum absolute atomic E-state index is 13.2. The van der Waals surface area contributed by atoms with Crippen molar-refractivity contribution in [3.8, 4) is 0 Å². The number of benzene rings is 1. The van der Waals surface area contributed by atoms with E-state index in [0.717, 1.165) is 58.2 Å². The number of nitrogens with zero attached hydrogens (tertiary/aromatic N) is 2. The molecule has 0 aliphatic carbocycles. The Kier molecular flexibility index (Phi) is 5.93. The molecule has 29 heavy (non-hydrogen) atoms. The molecule has 0 saturated carbocycles. The highest BCUT2D eigenvalue weighted by Gasteiger charge is 2.35. The molecule has 0 bridgehead atoms. The number of hydrogen-bond acceptors (Lipinski definition) is 2. The molecule has 2 fully saturated rings. The van der Waals surface area contributed by atoms with Gasteiger partial charge in [0.2, 0.25) is 11.8 Å². The third kappa shape index (κ3) is 3.79. The van der Waals surface area contributed by atoms with Gasteiger partial charge in [0.25, 0.3) is 0 Å². The van der Waals surface area contributed by atoms with Crippen LogP contribution >= 0.6 is 0 Å². The van der Waals surface area contributed by atoms with Crippen molar-refractivity contribution in [1.29, 1.82) is 0 Å². The van der Waals surface area contributed by atoms with Crippen LogP contribution in [0, 0.1) is 0 Å². The summed E-state index contributed by atoms with van der Waals surface area (Å²) in [6.45, 7) is 6.38. The summed E-state index contributed by atoms with van der Waals surface area (Å²) < 4.78 is 0. The number of aromatic amines is 1. The SMILES string of the molecule is CCC(=O)N1CCCCC1C(=O)N1CCC(c2c[nH]c3c(CC)cccc23)CC1. The van der Waals surface area contributed by atoms with Crippen molar-refractivity contribution >= 4 is 22.7 Å². The molecular formula is C24H33N3O2. The minimum atomic E-state index is -0.243. The first-order chi connectivity index (χ1) is 14.1. The molecule has 1 aromatic carbocycles. The molecule has 0 spiro atoms. The fraction of sp³-hybridized carbons (Fsp3) is 0.583. The van der Waals surface area contributed by atoms with Crippen molar-refractivity contribution in [3.63, 3.8) is 0 Å². The van der Waals surface area contributed by atoms with Gasteiger partial charge in [0, 0.05) is 43.2 Å². The van der Waals surface area contributed by atoms with Crippen molar-refractivity contribution in [2.24, 2.45) is 0 Å². The second-order valence-electron chi connectivity index (χ2n) is 8.49. The molecule has 0 radical (unpaired) electrons. The molecule has 3 heterocycles. The standard InChI is InChI=1S/C24H33N3O2/c1-3-17-8-7-9-19-20(16-25-23(17)19)18-11-14-26(15-12-18)24(29)21-10-5-6-13-27(21)22(28)4-2/h7-9,16,18,21,25H,3-6,10-15H2,1-2H3. The lowest BCUT2D eigenvalue weighted by molar-refractivity contribution is -0.148. The van der Waals surface area contributed by atoms with Crippen LogP contribution in [-0.4, -0.2) is 52.3 Å². The number of nitrogens with one attached hydrogen (secondary N) is 1. The van der Waals surface area contributed by atoms with Crippen LogP contribution in [0.3, 0.4) is 0 Å². The predicted octanol–water partition coefficient (Wildman–Crippen LogP) is 4.23. The lowest BCUT2D eigenvalue weighted by atomic mass is 9.88. The zero-order valence-corrected chi connectivity index (χ0v) is 17.7. The Bertz CT molecular complexity index is 879. The number of aryl methyl sites for hydroxylation is 1. The van der Waals surface area contributed by atoms with Gasteiger partial charge in [0.15, 0.2) is 0 Å². The molecule has 2 aliphatic rings. The average Bonchev–Trinajstić information content (AvgIpc) is 3.22. The molecule has 5 heteroatoms. The fourth-order valence-corrected chi connectivity index (χ4v) is 5.18. The van der Waals surface area contributed by atoms with Crippen molar-refractivity contribution in [3.05, 3.63) is 35.5 Å². The van der Waals surface area contributed by atoms with E-state index in [0.29, 0.717) is 12.3 Å². The van der Waals surface area contributed by atoms with Gasteiger partial charge in [-0.25, -0.2) is 0 Å². The Morgan fingerprint density at radius 1 is 1.07 bits per heavy atom. The number of hydrogen-bond donors (Lipinski definition) is 1. The van der Waals surface area contributed by atoms with Crippen LogP contribution < -0.4 is 0 Å². The van der Waals surface area contributed by atoms with E-state index in [1.807, 2.05) is 16.7 Å². The van der Waals surface area contributed by atoms with Gasteiger partial charge in [-0.15, -0.1) is 0 Å². The van der Waals surface area contributed by atoms with E-state index in [2.05, 4.69) is 36.3 Å². The highest BCUT2D eigenvalue weighted by Crippen LogP contribution is 2.35. The van der Waals surface area contributed by atoms with Gasteiger partial charge < -0.3 is 14.8 Å². The summed E-state index contributed by atoms with van der Waals surface area (Å²) >= 11 is 0. The minimum absolute atomic E-state index is 0.114. The van der Waals surface area contributed by atoms with Crippen molar-refractivity contribution in [1.82, 2.24) is 14.8 Å². The van der Waals surface area contributed by atoms with Gasteiger partial charge in [-0.2, -0.15) is 0 Å². The number of carbonyl (C=O) groups excluding carboxylic acids is 2. The zero-order chi connectivity index (χ0) is 20.4. The first-order valence-corrected chi connectivity index (χ1v) is 11.3. The maximum Gasteiger partial charge on any atom is 0.245 e. The molecule has 2 saturated heterocycles. The molecule has 2 amide bonds. The van der Waals surface area contributed by atoms with Gasteiger partial charge >= 0.3 is 0 Å². The summed E-state index contributed by atoms with van der Waals surface area (Å²) in [5, 5.41) is 1.33. The molecule has 1 unspecified atom stereocenters. The van der Waals surface area contributed by atoms with E-state index in [1.54, 1.807) is 0 Å². The number of piperidine rings is 2. The molecule has 1 aromatic heterocycles. The lowest BCUT2D eigenvalue weighted by Crippen LogP contribution is -2.54. The Hall–Kier alpha value is -2.30. The van der Waals surface area contributed by atoms with E-state index in [4.69, 9.17) is 0 Å². The summed E-state index contributed by atoms with van der Waals surface area (Å²) in [5.74, 6) is 0.764. The monoisotopic (exact) mass is 395 g/mol. The van der Waals surface area contributed by atoms with Crippen LogP contribution in [0.2, 0.25) is 0 Å². The smallest absolute Gasteiger partial charge is 0.245 e. The average molecular weight is 396 g/mol. The number of likely N-dealkylation sites (tertiary alicyclic amines) is 2. The van der Waals surface area contributed by atoms with Crippen molar-refractivity contribution in [2.45, 2.75) is 70.8 Å². The third-order valence-corrected chi connectivity index (χ3v) is 6.87. The first kappa shape index (κ1) is 20.0. The van der Waals surface area contributed by atoms with Crippen molar-refractivity contribution in [2.75, 3.05) is 19.6 Å². The fourth-order valence-electron chi connectivity index (χ4n) is 5.18. The van der Waals surface area contributed by atoms with Crippen LogP contribution in [0.1, 0.15) is 69.4 Å². The van der Waals surface area contributed by atoms with E-state index in [1.165, 1.54) is 22.0 Å². The summed E-state index contributed by atoms with van der Waals surface area (Å²) in [4.78, 5) is 32.8. The van der Waals surface area contributed by atoms with Gasteiger partial charge in [-0.3, -0.25) is 9.59 Å². The van der Waals surface area contributed by atoms with Gasteiger partial charge in [-0.05, 0) is 55.6 Å². The van der Waals surface area contributed by atoms with E-state index in [9.17, 15) is 9.59 Å². The molecule has 156 valence electrons. The summed E-state index contributed by atoms with van der Waals surface area (Å²) in [5.41, 5.74) is 4.02. The van der Waals surface area contributed by atoms with Crippen LogP contribution in [-0.2, 0) is 16.0 Å². The van der Waals surface area contributed by atoms with Crippen LogP contribution in [0.4, 0.5) is 0 Å². The Balaban J connectivity index is 1.44. The maximum atomic E-state index is 13.2. The van der Waals surface area contributed by atoms with Crippen LogP contribution in [0.5, 0.6) is 0 Å². The van der Waals surface area contributed by atoms with Gasteiger partial charge in [0.1, 0.15) is 6.04 Å². The Morgan fingerprint density at radius 3 is 2.59 bits per heavy atom. The minimum Gasteiger partial charge on any atom is -0.361 e. The highest BCUT2D eigenvalue weighted by atomic mass is 16.2. The molecule has 2 aromatic rings. The lowest BCUT2D eigenvalue weighted by Gasteiger charge is -2.40. The zero-order valence-electron chi connectivity index (χ0n) is 17.7. The molecule has 1 atom stereocenters. The quantitative estimate of drug-likeness (QED) is 0.842. The summed E-state index contributed by atoms with van der Waals surface area (Å²) in [7, 11) is 0. The first-order valence-electron chi connectivity index (χ1n) is 11.3. The number of amides is 2. The number of H-pyrrole nitrogens is 1. The van der Waals surface area contributed by atoms with Gasteiger partial charge in [-0.1, -0.05) is 32.0 Å². The topological polar surface area (TPSA) is 56.4 Å². The normalized spacial score (nSPS) is 21.0. The number of fused-ring (bicyclic) bond motifs is 1. The number of para-hydroxylation sites is 1. The number of rotatable bonds is 4. The second-order valence-corrected chi connectivity index (χ2v) is 8.49. The van der Waals surface area contributed by atoms with Crippen molar-refractivity contribution < 1.29 is 9.59 Å². The molecule has 5 nitrogen and oxygen atoms in total. The van der Waals surface area contributed by atoms with E-state index in [-0.39, 0.29) is 17.9 Å². The summed E-state index contributed by atoms with van der Waals surface area (Å²) in [6.07, 6.45) is 8.52. The van der Waals surface area contributed by atoms with E-state index < -0.39 is 0 Å². The number of carbonyl (C=O) groups is 2. The molecule has 1 N–H and O–H groups in total. The largest absolute Gasteiger partial charge is 0.361 e. The molecule has 2 aliphatic heterocycles. The Morgan fingerprint density at radius 2 is 1.86 bits per heavy atom. The Labute approximate surface area is 173 Å². The van der Waals surface area contributed by atoms with E-state index >= 15 is 0 Å².